The molecule has 4 nitrogen and oxygen atoms in total. The van der Waals surface area contributed by atoms with Gasteiger partial charge in [0.25, 0.3) is 5.91 Å². The summed E-state index contributed by atoms with van der Waals surface area (Å²) in [6.07, 6.45) is 5.00. The van der Waals surface area contributed by atoms with Gasteiger partial charge in [-0.15, -0.1) is 0 Å². The highest BCUT2D eigenvalue weighted by molar-refractivity contribution is 6.05. The van der Waals surface area contributed by atoms with Gasteiger partial charge in [-0.05, 0) is 55.7 Å². The molecular formula is C23H23NO3. The number of anilines is 1. The fourth-order valence-corrected chi connectivity index (χ4v) is 3.57. The zero-order valence-corrected chi connectivity index (χ0v) is 15.5. The largest absolute Gasteiger partial charge is 0.486 e. The average molecular weight is 361 g/mol. The van der Waals surface area contributed by atoms with Gasteiger partial charge >= 0.3 is 0 Å². The van der Waals surface area contributed by atoms with Crippen molar-refractivity contribution in [3.8, 4) is 23.3 Å². The summed E-state index contributed by atoms with van der Waals surface area (Å²) in [5.74, 6) is 8.39. The van der Waals surface area contributed by atoms with Crippen LogP contribution in [0, 0.1) is 24.7 Å². The fraction of sp³-hybridized carbons (Fsp3) is 0.348. The lowest BCUT2D eigenvalue weighted by Crippen LogP contribution is -2.17. The van der Waals surface area contributed by atoms with Gasteiger partial charge < -0.3 is 14.8 Å². The monoisotopic (exact) mass is 361 g/mol. The molecule has 1 N–H and O–H groups in total. The highest BCUT2D eigenvalue weighted by atomic mass is 16.6. The predicted molar refractivity (Wildman–Crippen MR) is 105 cm³/mol. The number of hydrogen-bond donors (Lipinski definition) is 1. The van der Waals surface area contributed by atoms with Crippen LogP contribution in [0.1, 0.15) is 47.2 Å². The Morgan fingerprint density at radius 1 is 1.04 bits per heavy atom. The Labute approximate surface area is 159 Å². The molecule has 2 aromatic carbocycles. The van der Waals surface area contributed by atoms with E-state index in [9.17, 15) is 4.79 Å². The van der Waals surface area contributed by atoms with Crippen molar-refractivity contribution in [3.05, 3.63) is 53.1 Å². The number of nitrogens with one attached hydrogen (secondary N) is 1. The van der Waals surface area contributed by atoms with Gasteiger partial charge in [-0.25, -0.2) is 0 Å². The topological polar surface area (TPSA) is 47.6 Å². The highest BCUT2D eigenvalue weighted by Gasteiger charge is 2.15. The van der Waals surface area contributed by atoms with Crippen LogP contribution in [0.5, 0.6) is 11.5 Å². The molecule has 0 spiro atoms. The summed E-state index contributed by atoms with van der Waals surface area (Å²) < 4.78 is 11.1. The number of fused-ring (bicyclic) bond motifs is 1. The summed E-state index contributed by atoms with van der Waals surface area (Å²) in [6.45, 7) is 3.01. The van der Waals surface area contributed by atoms with E-state index in [1.807, 2.05) is 37.3 Å². The molecular weight excluding hydrogens is 338 g/mol. The number of amides is 1. The number of benzene rings is 2. The first kappa shape index (κ1) is 17.5. The second-order valence-electron chi connectivity index (χ2n) is 7.09. The third kappa shape index (κ3) is 4.09. The zero-order chi connectivity index (χ0) is 18.6. The van der Waals surface area contributed by atoms with Gasteiger partial charge in [0.05, 0.1) is 0 Å². The third-order valence-corrected chi connectivity index (χ3v) is 5.05. The Morgan fingerprint density at radius 2 is 1.81 bits per heavy atom. The minimum absolute atomic E-state index is 0.139. The molecule has 0 bridgehead atoms. The summed E-state index contributed by atoms with van der Waals surface area (Å²) >= 11 is 0. The Hall–Kier alpha value is -2.93. The third-order valence-electron chi connectivity index (χ3n) is 5.05. The first-order valence-corrected chi connectivity index (χ1v) is 9.52. The Kier molecular flexibility index (Phi) is 5.02. The molecule has 1 aliphatic heterocycles. The highest BCUT2D eigenvalue weighted by Crippen LogP contribution is 2.32. The Morgan fingerprint density at radius 3 is 2.59 bits per heavy atom. The van der Waals surface area contributed by atoms with Gasteiger partial charge in [0.15, 0.2) is 11.5 Å². The molecule has 1 fully saturated rings. The van der Waals surface area contributed by atoms with E-state index in [4.69, 9.17) is 9.47 Å². The summed E-state index contributed by atoms with van der Waals surface area (Å²) in [6, 6.07) is 11.2. The van der Waals surface area contributed by atoms with Gasteiger partial charge in [0, 0.05) is 28.8 Å². The van der Waals surface area contributed by atoms with Crippen molar-refractivity contribution in [2.45, 2.75) is 32.6 Å². The van der Waals surface area contributed by atoms with Crippen LogP contribution in [0.25, 0.3) is 0 Å². The van der Waals surface area contributed by atoms with Crippen LogP contribution < -0.4 is 14.8 Å². The minimum atomic E-state index is -0.139. The molecule has 1 aliphatic carbocycles. The average Bonchev–Trinajstić information content (AvgIpc) is 3.20. The first-order chi connectivity index (χ1) is 13.2. The van der Waals surface area contributed by atoms with Crippen LogP contribution in [-0.4, -0.2) is 19.1 Å². The van der Waals surface area contributed by atoms with Crippen LogP contribution >= 0.6 is 0 Å². The molecule has 2 aromatic rings. The lowest BCUT2D eigenvalue weighted by Gasteiger charge is -2.19. The van der Waals surface area contributed by atoms with E-state index in [2.05, 4.69) is 17.2 Å². The van der Waals surface area contributed by atoms with Gasteiger partial charge in [0.2, 0.25) is 0 Å². The van der Waals surface area contributed by atoms with E-state index in [0.717, 1.165) is 11.1 Å². The summed E-state index contributed by atoms with van der Waals surface area (Å²) in [5, 5.41) is 2.93. The lowest BCUT2D eigenvalue weighted by molar-refractivity contribution is 0.102. The van der Waals surface area contributed by atoms with E-state index in [1.54, 1.807) is 6.07 Å². The second-order valence-corrected chi connectivity index (χ2v) is 7.09. The van der Waals surface area contributed by atoms with Crippen molar-refractivity contribution in [2.75, 3.05) is 18.5 Å². The van der Waals surface area contributed by atoms with E-state index < -0.39 is 0 Å². The van der Waals surface area contributed by atoms with Gasteiger partial charge in [-0.3, -0.25) is 4.79 Å². The summed E-state index contributed by atoms with van der Waals surface area (Å²) in [4.78, 5) is 12.7. The summed E-state index contributed by atoms with van der Waals surface area (Å²) in [5.41, 5.74) is 3.23. The minimum Gasteiger partial charge on any atom is -0.486 e. The molecule has 4 heteroatoms. The maximum Gasteiger partial charge on any atom is 0.255 e. The number of rotatable bonds is 2. The van der Waals surface area contributed by atoms with Crippen molar-refractivity contribution >= 4 is 11.6 Å². The standard InChI is InChI=1S/C23H23NO3/c1-16-14-18(7-6-17-4-2-3-5-17)8-10-20(16)23(25)24-19-9-11-21-22(15-19)27-13-12-26-21/h8-11,14-15,17H,2-5,12-13H2,1H3,(H,24,25). The van der Waals surface area contributed by atoms with Gasteiger partial charge in [-0.2, -0.15) is 0 Å². The predicted octanol–water partition coefficient (Wildman–Crippen LogP) is 4.56. The summed E-state index contributed by atoms with van der Waals surface area (Å²) in [7, 11) is 0. The van der Waals surface area contributed by atoms with E-state index in [-0.39, 0.29) is 5.91 Å². The molecule has 0 unspecified atom stereocenters. The normalized spacial score (nSPS) is 15.7. The van der Waals surface area contributed by atoms with Crippen molar-refractivity contribution in [1.82, 2.24) is 0 Å². The van der Waals surface area contributed by atoms with Crippen LogP contribution in [0.3, 0.4) is 0 Å². The van der Waals surface area contributed by atoms with Crippen molar-refractivity contribution in [1.29, 1.82) is 0 Å². The van der Waals surface area contributed by atoms with E-state index in [1.165, 1.54) is 25.7 Å². The smallest absolute Gasteiger partial charge is 0.255 e. The van der Waals surface area contributed by atoms with Crippen molar-refractivity contribution < 1.29 is 14.3 Å². The SMILES string of the molecule is Cc1cc(C#CC2CCCC2)ccc1C(=O)Nc1ccc2c(c1)OCCO2. The molecule has 1 heterocycles. The number of carbonyl (C=O) groups is 1. The first-order valence-electron chi connectivity index (χ1n) is 9.52. The van der Waals surface area contributed by atoms with Crippen molar-refractivity contribution in [2.24, 2.45) is 5.92 Å². The molecule has 138 valence electrons. The molecule has 0 radical (unpaired) electrons. The number of aryl methyl sites for hydroxylation is 1. The second kappa shape index (κ2) is 7.75. The van der Waals surface area contributed by atoms with Crippen LogP contribution in [-0.2, 0) is 0 Å². The Bertz CT molecular complexity index is 917. The molecule has 1 saturated carbocycles. The fourth-order valence-electron chi connectivity index (χ4n) is 3.57. The molecule has 1 amide bonds. The lowest BCUT2D eigenvalue weighted by atomic mass is 10.0. The number of carbonyl (C=O) groups excluding carboxylic acids is 1. The van der Waals surface area contributed by atoms with Gasteiger partial charge in [-0.1, -0.05) is 24.7 Å². The molecule has 0 aromatic heterocycles. The van der Waals surface area contributed by atoms with E-state index >= 15 is 0 Å². The molecule has 4 rings (SSSR count). The van der Waals surface area contributed by atoms with E-state index in [0.29, 0.717) is 41.9 Å². The molecule has 27 heavy (non-hydrogen) atoms. The number of hydrogen-bond acceptors (Lipinski definition) is 3. The molecule has 2 aliphatic rings. The van der Waals surface area contributed by atoms with Crippen LogP contribution in [0.2, 0.25) is 0 Å². The van der Waals surface area contributed by atoms with Crippen LogP contribution in [0.15, 0.2) is 36.4 Å². The van der Waals surface area contributed by atoms with Crippen LogP contribution in [0.4, 0.5) is 5.69 Å². The number of ether oxygens (including phenoxy) is 2. The van der Waals surface area contributed by atoms with Crippen molar-refractivity contribution in [3.63, 3.8) is 0 Å². The Balaban J connectivity index is 1.47. The van der Waals surface area contributed by atoms with Gasteiger partial charge in [0.1, 0.15) is 13.2 Å². The zero-order valence-electron chi connectivity index (χ0n) is 15.5. The molecule has 0 atom stereocenters. The maximum atomic E-state index is 12.7. The molecule has 0 saturated heterocycles. The maximum absolute atomic E-state index is 12.7. The quantitative estimate of drug-likeness (QED) is 0.798.